The summed E-state index contributed by atoms with van der Waals surface area (Å²) in [5, 5.41) is 48.3. The van der Waals surface area contributed by atoms with Gasteiger partial charge in [0.25, 0.3) is 5.91 Å². The van der Waals surface area contributed by atoms with Gasteiger partial charge in [-0.1, -0.05) is 44.2 Å². The minimum absolute atomic E-state index is 0.0566. The number of rotatable bonds is 10. The van der Waals surface area contributed by atoms with Gasteiger partial charge >= 0.3 is 5.97 Å². The smallest absolute Gasteiger partial charge is 0.326 e. The maximum atomic E-state index is 14.7. The van der Waals surface area contributed by atoms with Crippen LogP contribution in [0.5, 0.6) is 5.75 Å². The number of aliphatic hydroxyl groups excluding tert-OH is 1. The van der Waals surface area contributed by atoms with E-state index in [1.54, 1.807) is 38.1 Å². The number of aliphatic hydroxyl groups is 1. The van der Waals surface area contributed by atoms with E-state index in [0.717, 1.165) is 0 Å². The number of aromatic nitrogens is 1. The molecule has 21 heteroatoms. The van der Waals surface area contributed by atoms with Gasteiger partial charge in [0.05, 0.1) is 18.7 Å². The van der Waals surface area contributed by atoms with Crippen LogP contribution in [0.15, 0.2) is 54.7 Å². The van der Waals surface area contributed by atoms with Crippen molar-refractivity contribution in [3.8, 4) is 5.75 Å². The van der Waals surface area contributed by atoms with Gasteiger partial charge in [-0.25, -0.2) is 4.79 Å². The summed E-state index contributed by atoms with van der Waals surface area (Å²) in [6, 6.07) is 4.74. The van der Waals surface area contributed by atoms with Gasteiger partial charge in [0.15, 0.2) is 6.17 Å². The highest BCUT2D eigenvalue weighted by Crippen LogP contribution is 2.27. The molecule has 8 amide bonds. The normalized spacial score (nSPS) is 24.1. The molecule has 2 fully saturated rings. The number of phenols is 1. The Hall–Kier alpha value is -7.03. The minimum Gasteiger partial charge on any atom is -0.508 e. The molecule has 1 aromatic heterocycles. The Balaban J connectivity index is 1.39. The number of nitrogens with zero attached hydrogens (tertiary/aromatic N) is 2. The quantitative estimate of drug-likeness (QED) is 0.104. The number of amides is 8. The number of fused-ring (bicyclic) bond motifs is 5. The number of carboxylic acid groups (broad SMARTS) is 1. The number of aromatic hydroxyl groups is 1. The van der Waals surface area contributed by atoms with Crippen LogP contribution in [-0.2, 0) is 56.0 Å². The molecular formula is C42H51N9O12. The summed E-state index contributed by atoms with van der Waals surface area (Å²) in [6.07, 6.45) is 0.415. The lowest BCUT2D eigenvalue weighted by Gasteiger charge is -2.30. The molecule has 6 rings (SSSR count). The van der Waals surface area contributed by atoms with Crippen molar-refractivity contribution in [1.29, 1.82) is 0 Å². The van der Waals surface area contributed by atoms with Crippen molar-refractivity contribution >= 4 is 64.1 Å². The lowest BCUT2D eigenvalue weighted by molar-refractivity contribution is -0.142. The lowest BCUT2D eigenvalue weighted by atomic mass is 10.0. The van der Waals surface area contributed by atoms with E-state index in [9.17, 15) is 58.5 Å². The molecule has 4 heterocycles. The largest absolute Gasteiger partial charge is 0.508 e. The molecule has 21 nitrogen and oxygen atoms in total. The highest BCUT2D eigenvalue weighted by atomic mass is 16.4. The molecule has 336 valence electrons. The first-order valence-electron chi connectivity index (χ1n) is 20.6. The lowest BCUT2D eigenvalue weighted by Crippen LogP contribution is -2.58. The Morgan fingerprint density at radius 2 is 1.59 bits per heavy atom. The van der Waals surface area contributed by atoms with Crippen molar-refractivity contribution in [1.82, 2.24) is 46.7 Å². The summed E-state index contributed by atoms with van der Waals surface area (Å²) in [5.74, 6) is -7.98. The number of benzene rings is 2. The van der Waals surface area contributed by atoms with Gasteiger partial charge in [-0.2, -0.15) is 0 Å². The van der Waals surface area contributed by atoms with E-state index >= 15 is 0 Å². The third kappa shape index (κ3) is 10.7. The number of aliphatic carboxylic acids is 1. The van der Waals surface area contributed by atoms with Crippen LogP contribution < -0.4 is 37.2 Å². The van der Waals surface area contributed by atoms with E-state index < -0.39 is 109 Å². The van der Waals surface area contributed by atoms with Crippen molar-refractivity contribution in [2.45, 2.75) is 94.8 Å². The van der Waals surface area contributed by atoms with Crippen LogP contribution in [-0.4, -0.2) is 134 Å². The van der Waals surface area contributed by atoms with E-state index in [1.165, 1.54) is 39.9 Å². The van der Waals surface area contributed by atoms with Crippen molar-refractivity contribution < 1.29 is 58.5 Å². The van der Waals surface area contributed by atoms with Crippen molar-refractivity contribution in [2.24, 2.45) is 5.92 Å². The molecule has 0 spiro atoms. The minimum atomic E-state index is -1.68. The predicted octanol–water partition coefficient (Wildman–Crippen LogP) is -2.18. The summed E-state index contributed by atoms with van der Waals surface area (Å²) < 4.78 is 1.36. The van der Waals surface area contributed by atoms with Gasteiger partial charge in [0.1, 0.15) is 42.0 Å². The third-order valence-corrected chi connectivity index (χ3v) is 11.3. The monoisotopic (exact) mass is 873 g/mol. The molecule has 3 aliphatic rings. The van der Waals surface area contributed by atoms with Gasteiger partial charge in [-0.15, -0.1) is 0 Å². The van der Waals surface area contributed by atoms with Gasteiger partial charge in [-0.05, 0) is 54.5 Å². The Kier molecular flexibility index (Phi) is 14.3. The molecule has 63 heavy (non-hydrogen) atoms. The van der Waals surface area contributed by atoms with Gasteiger partial charge in [0, 0.05) is 37.4 Å². The average Bonchev–Trinajstić information content (AvgIpc) is 4.01. The zero-order valence-electron chi connectivity index (χ0n) is 34.6. The van der Waals surface area contributed by atoms with Crippen molar-refractivity contribution in [2.75, 3.05) is 19.7 Å². The van der Waals surface area contributed by atoms with Crippen LogP contribution in [0, 0.1) is 5.92 Å². The maximum Gasteiger partial charge on any atom is 0.326 e. The number of nitrogens with one attached hydrogen (secondary N) is 7. The number of para-hydroxylation sites is 1. The van der Waals surface area contributed by atoms with Crippen LogP contribution >= 0.6 is 0 Å². The fourth-order valence-corrected chi connectivity index (χ4v) is 7.97. The molecule has 0 aliphatic carbocycles. The predicted molar refractivity (Wildman–Crippen MR) is 221 cm³/mol. The summed E-state index contributed by atoms with van der Waals surface area (Å²) in [7, 11) is 0. The standard InChI is InChI=1S/C42H51N9O12/c1-21(2)34-39(59)43-18-33(55)45-29(20-52)37(57)47-28(42(62)63)17-23-19-51(30-7-4-3-6-25(23)30)35(40(60)48-34)49-36(56)27(16-22-9-11-24(53)12-10-22)46-38(58)31-8-5-15-50(31)41(61)26-13-14-32(54)44-26/h3-4,6-7,9-12,19,21,26-29,31,34-35,52-53H,5,8,13-18,20H2,1-2H3,(H,43,59)(H,44,54)(H,45,55)(H,46,58)(H,47,57)(H,48,60)(H,49,56)(H,62,63)/t26-,27-,28-,29-,31-,34-,35?/m0/s1. The first-order chi connectivity index (χ1) is 30.0. The van der Waals surface area contributed by atoms with E-state index in [1.807, 2.05) is 0 Å². The van der Waals surface area contributed by atoms with Crippen LogP contribution in [0.2, 0.25) is 0 Å². The third-order valence-electron chi connectivity index (χ3n) is 11.3. The van der Waals surface area contributed by atoms with E-state index in [-0.39, 0.29) is 50.3 Å². The average molecular weight is 874 g/mol. The molecule has 3 aromatic rings. The molecule has 0 saturated carbocycles. The highest BCUT2D eigenvalue weighted by Gasteiger charge is 2.41. The fraction of sp³-hybridized carbons (Fsp3) is 0.452. The number of likely N-dealkylation sites (tertiary alicyclic amines) is 1. The maximum absolute atomic E-state index is 14.7. The zero-order valence-corrected chi connectivity index (χ0v) is 34.6. The SMILES string of the molecule is CC(C)[C@@H]1NC(=O)C(NC(=O)[C@H](Cc2ccc(O)cc2)NC(=O)[C@@H]2CCCN2C(=O)[C@@H]2CCC(=O)N2)n2cc(c3ccccc32)C[C@@H](C(=O)O)NC(=O)[C@H](CO)NC(=O)CNC1=O. The van der Waals surface area contributed by atoms with Crippen LogP contribution in [0.3, 0.4) is 0 Å². The summed E-state index contributed by atoms with van der Waals surface area (Å²) in [5.41, 5.74) is 1.13. The van der Waals surface area contributed by atoms with Crippen LogP contribution in [0.1, 0.15) is 56.8 Å². The van der Waals surface area contributed by atoms with E-state index in [0.29, 0.717) is 28.5 Å². The van der Waals surface area contributed by atoms with Crippen molar-refractivity contribution in [3.05, 3.63) is 65.9 Å². The first kappa shape index (κ1) is 45.5. The molecule has 2 bridgehead atoms. The summed E-state index contributed by atoms with van der Waals surface area (Å²) in [6.45, 7) is 1.92. The van der Waals surface area contributed by atoms with Crippen LogP contribution in [0.4, 0.5) is 0 Å². The number of hydrogen-bond acceptors (Lipinski definition) is 11. The Morgan fingerprint density at radius 3 is 2.25 bits per heavy atom. The summed E-state index contributed by atoms with van der Waals surface area (Å²) >= 11 is 0. The fourth-order valence-electron chi connectivity index (χ4n) is 7.97. The zero-order chi connectivity index (χ0) is 45.5. The summed E-state index contributed by atoms with van der Waals surface area (Å²) in [4.78, 5) is 122. The van der Waals surface area contributed by atoms with Crippen LogP contribution in [0.25, 0.3) is 10.9 Å². The Bertz CT molecular complexity index is 2280. The molecule has 7 atom stereocenters. The first-order valence-corrected chi connectivity index (χ1v) is 20.6. The molecule has 3 aliphatic heterocycles. The molecule has 2 saturated heterocycles. The number of carbonyl (C=O) groups excluding carboxylic acids is 8. The second-order valence-electron chi connectivity index (χ2n) is 16.1. The van der Waals surface area contributed by atoms with Gasteiger partial charge in [-0.3, -0.25) is 38.4 Å². The second-order valence-corrected chi connectivity index (χ2v) is 16.1. The van der Waals surface area contributed by atoms with Crippen molar-refractivity contribution in [3.63, 3.8) is 0 Å². The van der Waals surface area contributed by atoms with Gasteiger partial charge in [0.2, 0.25) is 41.4 Å². The van der Waals surface area contributed by atoms with E-state index in [2.05, 4.69) is 37.2 Å². The topological polar surface area (TPSA) is 307 Å². The number of carbonyl (C=O) groups is 9. The van der Waals surface area contributed by atoms with Gasteiger partial charge < -0.3 is 62.0 Å². The number of carboxylic acids is 1. The highest BCUT2D eigenvalue weighted by molar-refractivity contribution is 5.99. The van der Waals surface area contributed by atoms with E-state index in [4.69, 9.17) is 0 Å². The molecule has 1 unspecified atom stereocenters. The molecule has 10 N–H and O–H groups in total. The molecule has 2 aromatic carbocycles. The molecular weight excluding hydrogens is 823 g/mol. The number of phenolic OH excluding ortho intramolecular Hbond substituents is 1. The number of hydrogen-bond donors (Lipinski definition) is 10. The second kappa shape index (κ2) is 19.8. The molecule has 0 radical (unpaired) electrons. The Morgan fingerprint density at radius 1 is 0.857 bits per heavy atom. The Labute approximate surface area is 360 Å².